The highest BCUT2D eigenvalue weighted by Crippen LogP contribution is 2.28. The van der Waals surface area contributed by atoms with E-state index in [1.165, 1.54) is 24.5 Å². The molecule has 3 rings (SSSR count). The molecule has 1 N–H and O–H groups in total. The smallest absolute Gasteiger partial charge is 0.344 e. The molecule has 0 radical (unpaired) electrons. The lowest BCUT2D eigenvalue weighted by molar-refractivity contribution is -0.144. The number of fused-ring (bicyclic) bond motifs is 1. The standard InChI is InChI=1S/C18H17NO5S/c1-4-11-5-12-16(6-15(11)24-9(2)18(21)22)23-7-13(17(12)20)14-8-25-10(3)19-14/h5-9H,4H2,1-3H3,(H,21,22). The van der Waals surface area contributed by atoms with Gasteiger partial charge in [0.25, 0.3) is 0 Å². The molecule has 7 heteroatoms. The zero-order chi connectivity index (χ0) is 18.1. The van der Waals surface area contributed by atoms with E-state index in [9.17, 15) is 9.59 Å². The Kier molecular flexibility index (Phi) is 4.59. The van der Waals surface area contributed by atoms with E-state index in [-0.39, 0.29) is 5.43 Å². The van der Waals surface area contributed by atoms with Crippen molar-refractivity contribution in [2.75, 3.05) is 0 Å². The summed E-state index contributed by atoms with van der Waals surface area (Å²) in [7, 11) is 0. The van der Waals surface area contributed by atoms with Crippen molar-refractivity contribution in [3.63, 3.8) is 0 Å². The summed E-state index contributed by atoms with van der Waals surface area (Å²) in [5.41, 5.74) is 1.94. The Bertz CT molecular complexity index is 1000. The largest absolute Gasteiger partial charge is 0.479 e. The first kappa shape index (κ1) is 17.2. The Labute approximate surface area is 147 Å². The minimum Gasteiger partial charge on any atom is -0.479 e. The fourth-order valence-corrected chi connectivity index (χ4v) is 3.11. The molecule has 0 bridgehead atoms. The first-order valence-corrected chi connectivity index (χ1v) is 8.69. The molecule has 0 aliphatic carbocycles. The van der Waals surface area contributed by atoms with Crippen molar-refractivity contribution < 1.29 is 19.1 Å². The molecule has 2 aromatic heterocycles. The Morgan fingerprint density at radius 2 is 2.20 bits per heavy atom. The van der Waals surface area contributed by atoms with Crippen molar-refractivity contribution in [1.29, 1.82) is 0 Å². The highest BCUT2D eigenvalue weighted by Gasteiger charge is 2.18. The molecule has 0 aliphatic heterocycles. The van der Waals surface area contributed by atoms with E-state index in [4.69, 9.17) is 14.3 Å². The van der Waals surface area contributed by atoms with Crippen LogP contribution in [-0.2, 0) is 11.2 Å². The molecule has 0 aliphatic rings. The van der Waals surface area contributed by atoms with Gasteiger partial charge < -0.3 is 14.3 Å². The number of rotatable bonds is 5. The van der Waals surface area contributed by atoms with Crippen molar-refractivity contribution in [2.45, 2.75) is 33.3 Å². The van der Waals surface area contributed by atoms with E-state index in [0.29, 0.717) is 34.4 Å². The van der Waals surface area contributed by atoms with Gasteiger partial charge in [0.15, 0.2) is 6.10 Å². The number of carboxylic acids is 1. The van der Waals surface area contributed by atoms with Crippen LogP contribution in [0.3, 0.4) is 0 Å². The highest BCUT2D eigenvalue weighted by atomic mass is 32.1. The number of thiazole rings is 1. The van der Waals surface area contributed by atoms with Crippen LogP contribution in [0.4, 0.5) is 0 Å². The maximum atomic E-state index is 12.8. The number of benzene rings is 1. The lowest BCUT2D eigenvalue weighted by Crippen LogP contribution is -2.23. The van der Waals surface area contributed by atoms with Gasteiger partial charge in [0.1, 0.15) is 17.6 Å². The summed E-state index contributed by atoms with van der Waals surface area (Å²) in [6, 6.07) is 3.28. The first-order chi connectivity index (χ1) is 11.9. The normalized spacial score (nSPS) is 12.3. The van der Waals surface area contributed by atoms with E-state index in [1.54, 1.807) is 12.1 Å². The van der Waals surface area contributed by atoms with E-state index in [1.807, 2.05) is 19.2 Å². The quantitative estimate of drug-likeness (QED) is 0.748. The third-order valence-electron chi connectivity index (χ3n) is 3.88. The van der Waals surface area contributed by atoms with Crippen LogP contribution in [-0.4, -0.2) is 22.2 Å². The maximum Gasteiger partial charge on any atom is 0.344 e. The van der Waals surface area contributed by atoms with Crippen molar-refractivity contribution in [1.82, 2.24) is 4.98 Å². The molecule has 2 heterocycles. The molecule has 0 fully saturated rings. The van der Waals surface area contributed by atoms with Crippen LogP contribution in [0.2, 0.25) is 0 Å². The van der Waals surface area contributed by atoms with Gasteiger partial charge in [0.05, 0.1) is 21.7 Å². The van der Waals surface area contributed by atoms with Crippen molar-refractivity contribution >= 4 is 28.3 Å². The van der Waals surface area contributed by atoms with Crippen molar-refractivity contribution in [3.8, 4) is 17.0 Å². The molecule has 0 spiro atoms. The summed E-state index contributed by atoms with van der Waals surface area (Å²) >= 11 is 1.47. The average Bonchev–Trinajstić information content (AvgIpc) is 3.00. The number of carboxylic acid groups (broad SMARTS) is 1. The highest BCUT2D eigenvalue weighted by molar-refractivity contribution is 7.09. The van der Waals surface area contributed by atoms with Gasteiger partial charge in [-0.3, -0.25) is 4.79 Å². The van der Waals surface area contributed by atoms with Gasteiger partial charge in [0.2, 0.25) is 5.43 Å². The number of hydrogen-bond acceptors (Lipinski definition) is 6. The number of aryl methyl sites for hydroxylation is 2. The minimum absolute atomic E-state index is 0.168. The summed E-state index contributed by atoms with van der Waals surface area (Å²) in [5.74, 6) is -0.650. The summed E-state index contributed by atoms with van der Waals surface area (Å²) in [6.45, 7) is 5.24. The third kappa shape index (κ3) is 3.28. The summed E-state index contributed by atoms with van der Waals surface area (Å²) in [6.07, 6.45) is 0.985. The average molecular weight is 359 g/mol. The number of hydrogen-bond donors (Lipinski definition) is 1. The molecule has 130 valence electrons. The lowest BCUT2D eigenvalue weighted by Gasteiger charge is -2.14. The fraction of sp³-hybridized carbons (Fsp3) is 0.278. The van der Waals surface area contributed by atoms with Gasteiger partial charge in [-0.1, -0.05) is 6.92 Å². The Morgan fingerprint density at radius 3 is 2.80 bits per heavy atom. The second-order valence-electron chi connectivity index (χ2n) is 5.64. The van der Waals surface area contributed by atoms with Crippen LogP contribution in [0, 0.1) is 6.92 Å². The Balaban J connectivity index is 2.13. The van der Waals surface area contributed by atoms with Gasteiger partial charge in [-0.2, -0.15) is 0 Å². The molecule has 1 aromatic carbocycles. The summed E-state index contributed by atoms with van der Waals surface area (Å²) in [4.78, 5) is 28.2. The Morgan fingerprint density at radius 1 is 1.44 bits per heavy atom. The zero-order valence-electron chi connectivity index (χ0n) is 14.0. The summed E-state index contributed by atoms with van der Waals surface area (Å²) < 4.78 is 11.1. The molecular formula is C18H17NO5S. The molecule has 0 amide bonds. The van der Waals surface area contributed by atoms with Crippen LogP contribution in [0.15, 0.2) is 33.0 Å². The molecule has 3 aromatic rings. The number of aliphatic carboxylic acids is 1. The molecule has 0 saturated heterocycles. The van der Waals surface area contributed by atoms with Crippen molar-refractivity contribution in [2.24, 2.45) is 0 Å². The Hall–Kier alpha value is -2.67. The predicted octanol–water partition coefficient (Wildman–Crippen LogP) is 3.64. The van der Waals surface area contributed by atoms with E-state index in [0.717, 1.165) is 10.6 Å². The van der Waals surface area contributed by atoms with Crippen LogP contribution in [0.5, 0.6) is 5.75 Å². The van der Waals surface area contributed by atoms with E-state index in [2.05, 4.69) is 4.98 Å². The number of nitrogens with zero attached hydrogens (tertiary/aromatic N) is 1. The topological polar surface area (TPSA) is 89.6 Å². The number of aromatic nitrogens is 1. The fourth-order valence-electron chi connectivity index (χ4n) is 2.49. The number of ether oxygens (including phenoxy) is 1. The molecule has 25 heavy (non-hydrogen) atoms. The second kappa shape index (κ2) is 6.68. The van der Waals surface area contributed by atoms with Crippen LogP contribution in [0.25, 0.3) is 22.2 Å². The van der Waals surface area contributed by atoms with Crippen molar-refractivity contribution in [3.05, 3.63) is 44.6 Å². The van der Waals surface area contributed by atoms with Gasteiger partial charge >= 0.3 is 5.97 Å². The monoisotopic (exact) mass is 359 g/mol. The summed E-state index contributed by atoms with van der Waals surface area (Å²) in [5, 5.41) is 12.1. The minimum atomic E-state index is -1.06. The van der Waals surface area contributed by atoms with Gasteiger partial charge in [-0.15, -0.1) is 11.3 Å². The van der Waals surface area contributed by atoms with Gasteiger partial charge in [-0.05, 0) is 31.9 Å². The third-order valence-corrected chi connectivity index (χ3v) is 4.66. The molecule has 1 unspecified atom stereocenters. The van der Waals surface area contributed by atoms with E-state index < -0.39 is 12.1 Å². The molecule has 6 nitrogen and oxygen atoms in total. The maximum absolute atomic E-state index is 12.8. The van der Waals surface area contributed by atoms with Crippen LogP contribution in [0.1, 0.15) is 24.4 Å². The number of carbonyl (C=O) groups is 1. The van der Waals surface area contributed by atoms with Gasteiger partial charge in [0, 0.05) is 11.4 Å². The van der Waals surface area contributed by atoms with Crippen LogP contribution >= 0.6 is 11.3 Å². The second-order valence-corrected chi connectivity index (χ2v) is 6.70. The van der Waals surface area contributed by atoms with Gasteiger partial charge in [-0.25, -0.2) is 9.78 Å². The molecule has 0 saturated carbocycles. The van der Waals surface area contributed by atoms with E-state index >= 15 is 0 Å². The molecule has 1 atom stereocenters. The lowest BCUT2D eigenvalue weighted by atomic mass is 10.1. The first-order valence-electron chi connectivity index (χ1n) is 7.81. The SMILES string of the molecule is CCc1cc2c(=O)c(-c3csc(C)n3)coc2cc1OC(C)C(=O)O. The predicted molar refractivity (Wildman–Crippen MR) is 95.4 cm³/mol. The molecular weight excluding hydrogens is 342 g/mol. The van der Waals surface area contributed by atoms with Crippen LogP contribution < -0.4 is 10.2 Å². The zero-order valence-corrected chi connectivity index (χ0v) is 14.8.